The normalized spacial score (nSPS) is 10.1. The summed E-state index contributed by atoms with van der Waals surface area (Å²) in [5.41, 5.74) is 3.75. The van der Waals surface area contributed by atoms with Gasteiger partial charge in [-0.05, 0) is 0 Å². The van der Waals surface area contributed by atoms with Gasteiger partial charge in [0.25, 0.3) is 0 Å². The molecule has 0 aromatic carbocycles. The first-order valence-corrected chi connectivity index (χ1v) is 4.18. The minimum Gasteiger partial charge on any atom is -0.464 e. The molecule has 0 aliphatic rings. The van der Waals surface area contributed by atoms with Gasteiger partial charge in [-0.3, -0.25) is 0 Å². The van der Waals surface area contributed by atoms with Crippen molar-refractivity contribution in [2.24, 2.45) is 0 Å². The fraction of sp³-hybridized carbons (Fsp3) is 0.250. The van der Waals surface area contributed by atoms with Crippen molar-refractivity contribution >= 4 is 23.3 Å². The van der Waals surface area contributed by atoms with Crippen LogP contribution < -0.4 is 5.73 Å². The maximum absolute atomic E-state index is 13.1. The number of nitrogen functional groups attached to an aromatic ring is 1. The van der Waals surface area contributed by atoms with Crippen LogP contribution >= 0.6 is 11.6 Å². The summed E-state index contributed by atoms with van der Waals surface area (Å²) in [6.45, 7) is -1.18. The van der Waals surface area contributed by atoms with Crippen LogP contribution in [0.25, 0.3) is 0 Å². The molecule has 0 unspecified atom stereocenters. The first-order valence-electron chi connectivity index (χ1n) is 3.80. The molecule has 0 saturated heterocycles. The summed E-state index contributed by atoms with van der Waals surface area (Å²) < 4.78 is 29.8. The minimum atomic E-state index is -1.18. The Balaban J connectivity index is 3.41. The van der Waals surface area contributed by atoms with Crippen molar-refractivity contribution in [3.63, 3.8) is 0 Å². The first kappa shape index (κ1) is 11.6. The van der Waals surface area contributed by atoms with Crippen molar-refractivity contribution in [2.45, 2.75) is 6.67 Å². The topological polar surface area (TPSA) is 65.2 Å². The highest BCUT2D eigenvalue weighted by molar-refractivity contribution is 6.35. The lowest BCUT2D eigenvalue weighted by Gasteiger charge is -2.07. The van der Waals surface area contributed by atoms with E-state index in [1.54, 1.807) is 0 Å². The lowest BCUT2D eigenvalue weighted by Crippen LogP contribution is -2.11. The van der Waals surface area contributed by atoms with Crippen LogP contribution in [0.2, 0.25) is 5.02 Å². The monoisotopic (exact) mass is 236 g/mol. The van der Waals surface area contributed by atoms with Crippen molar-refractivity contribution in [1.29, 1.82) is 0 Å². The van der Waals surface area contributed by atoms with E-state index in [4.69, 9.17) is 17.3 Å². The molecule has 1 rings (SSSR count). The summed E-state index contributed by atoms with van der Waals surface area (Å²) in [5.74, 6) is -1.96. The Morgan fingerprint density at radius 2 is 2.27 bits per heavy atom. The molecule has 0 aliphatic heterocycles. The third kappa shape index (κ3) is 1.99. The first-order chi connectivity index (χ1) is 7.02. The molecule has 1 aromatic heterocycles. The van der Waals surface area contributed by atoms with Crippen molar-refractivity contribution in [3.05, 3.63) is 22.2 Å². The highest BCUT2D eigenvalue weighted by Gasteiger charge is 2.21. The van der Waals surface area contributed by atoms with Crippen LogP contribution in [0.5, 0.6) is 0 Å². The average molecular weight is 237 g/mol. The molecule has 82 valence electrons. The van der Waals surface area contributed by atoms with Gasteiger partial charge in [0, 0.05) is 0 Å². The smallest absolute Gasteiger partial charge is 0.358 e. The molecule has 0 amide bonds. The predicted molar refractivity (Wildman–Crippen MR) is 49.8 cm³/mol. The largest absolute Gasteiger partial charge is 0.464 e. The van der Waals surface area contributed by atoms with Crippen LogP contribution in [0.4, 0.5) is 14.5 Å². The molecular formula is C8H7ClF2N2O2. The van der Waals surface area contributed by atoms with E-state index in [0.717, 1.165) is 7.11 Å². The fourth-order valence-electron chi connectivity index (χ4n) is 0.933. The molecule has 0 bridgehead atoms. The number of ether oxygens (including phenoxy) is 1. The lowest BCUT2D eigenvalue weighted by atomic mass is 10.2. The number of nitrogens with two attached hydrogens (primary N) is 1. The standard InChI is InChI=1S/C8H7ClF2N2O2/c1-15-8(14)7-4(9)6(12)5(11)3(2-10)13-7/h2H2,1H3,(H2,12,13). The molecular weight excluding hydrogens is 230 g/mol. The third-order valence-corrected chi connectivity index (χ3v) is 2.07. The van der Waals surface area contributed by atoms with Gasteiger partial charge in [-0.15, -0.1) is 0 Å². The highest BCUT2D eigenvalue weighted by atomic mass is 35.5. The van der Waals surface area contributed by atoms with Crippen molar-refractivity contribution in [2.75, 3.05) is 12.8 Å². The number of anilines is 1. The van der Waals surface area contributed by atoms with Crippen molar-refractivity contribution < 1.29 is 18.3 Å². The van der Waals surface area contributed by atoms with E-state index in [0.29, 0.717) is 0 Å². The van der Waals surface area contributed by atoms with E-state index in [-0.39, 0.29) is 5.02 Å². The molecule has 1 heterocycles. The fourth-order valence-corrected chi connectivity index (χ4v) is 1.14. The molecule has 7 heteroatoms. The number of rotatable bonds is 2. The van der Waals surface area contributed by atoms with Gasteiger partial charge in [0.05, 0.1) is 17.8 Å². The van der Waals surface area contributed by atoms with Gasteiger partial charge in [0.1, 0.15) is 12.4 Å². The van der Waals surface area contributed by atoms with E-state index in [2.05, 4.69) is 9.72 Å². The Hall–Kier alpha value is -1.43. The van der Waals surface area contributed by atoms with Crippen molar-refractivity contribution in [1.82, 2.24) is 4.98 Å². The Bertz CT molecular complexity index is 412. The Morgan fingerprint density at radius 1 is 1.67 bits per heavy atom. The molecule has 4 nitrogen and oxygen atoms in total. The number of hydrogen-bond donors (Lipinski definition) is 1. The lowest BCUT2D eigenvalue weighted by molar-refractivity contribution is 0.0593. The number of alkyl halides is 1. The zero-order chi connectivity index (χ0) is 11.6. The number of hydrogen-bond acceptors (Lipinski definition) is 4. The second kappa shape index (κ2) is 4.39. The number of methoxy groups -OCH3 is 1. The van der Waals surface area contributed by atoms with Crippen LogP contribution in [0.1, 0.15) is 16.2 Å². The van der Waals surface area contributed by atoms with Crippen LogP contribution in [0, 0.1) is 5.82 Å². The number of nitrogens with zero attached hydrogens (tertiary/aromatic N) is 1. The molecule has 1 aromatic rings. The minimum absolute atomic E-state index is 0.378. The number of carbonyl (C=O) groups excluding carboxylic acids is 1. The average Bonchev–Trinajstić information content (AvgIpc) is 2.25. The Labute approximate surface area is 89.0 Å². The van der Waals surface area contributed by atoms with Crippen LogP contribution in [-0.4, -0.2) is 18.1 Å². The maximum atomic E-state index is 13.1. The van der Waals surface area contributed by atoms with E-state index in [1.807, 2.05) is 0 Å². The van der Waals surface area contributed by atoms with Gasteiger partial charge < -0.3 is 10.5 Å². The summed E-state index contributed by atoms with van der Waals surface area (Å²) in [4.78, 5) is 14.5. The molecule has 0 saturated carbocycles. The van der Waals surface area contributed by atoms with Gasteiger partial charge in [-0.25, -0.2) is 18.6 Å². The van der Waals surface area contributed by atoms with Gasteiger partial charge in [-0.2, -0.15) is 0 Å². The molecule has 15 heavy (non-hydrogen) atoms. The summed E-state index contributed by atoms with van der Waals surface area (Å²) in [6, 6.07) is 0. The van der Waals surface area contributed by atoms with E-state index < -0.39 is 35.5 Å². The van der Waals surface area contributed by atoms with Gasteiger partial charge in [0.15, 0.2) is 11.5 Å². The van der Waals surface area contributed by atoms with Crippen LogP contribution in [0.15, 0.2) is 0 Å². The number of halogens is 3. The maximum Gasteiger partial charge on any atom is 0.358 e. The third-order valence-electron chi connectivity index (χ3n) is 1.69. The van der Waals surface area contributed by atoms with E-state index in [9.17, 15) is 13.6 Å². The molecule has 0 spiro atoms. The Morgan fingerprint density at radius 3 is 2.73 bits per heavy atom. The SMILES string of the molecule is COC(=O)c1nc(CF)c(F)c(N)c1Cl. The van der Waals surface area contributed by atoms with E-state index in [1.165, 1.54) is 0 Å². The van der Waals surface area contributed by atoms with Gasteiger partial charge in [-0.1, -0.05) is 11.6 Å². The molecule has 0 atom stereocenters. The molecule has 2 N–H and O–H groups in total. The quantitative estimate of drug-likeness (QED) is 0.794. The van der Waals surface area contributed by atoms with Gasteiger partial charge >= 0.3 is 5.97 Å². The number of esters is 1. The zero-order valence-corrected chi connectivity index (χ0v) is 8.44. The van der Waals surface area contributed by atoms with Crippen molar-refractivity contribution in [3.8, 4) is 0 Å². The van der Waals surface area contributed by atoms with E-state index >= 15 is 0 Å². The number of aromatic nitrogens is 1. The highest BCUT2D eigenvalue weighted by Crippen LogP contribution is 2.27. The second-order valence-corrected chi connectivity index (χ2v) is 2.95. The predicted octanol–water partition coefficient (Wildman–Crippen LogP) is 1.71. The zero-order valence-electron chi connectivity index (χ0n) is 7.68. The molecule has 0 aliphatic carbocycles. The summed E-state index contributed by atoms with van der Waals surface area (Å²) in [7, 11) is 1.09. The summed E-state index contributed by atoms with van der Waals surface area (Å²) in [6.07, 6.45) is 0. The number of pyridine rings is 1. The second-order valence-electron chi connectivity index (χ2n) is 2.57. The number of carbonyl (C=O) groups is 1. The van der Waals surface area contributed by atoms with Crippen LogP contribution in [-0.2, 0) is 11.4 Å². The summed E-state index contributed by atoms with van der Waals surface area (Å²) >= 11 is 5.55. The molecule has 0 fully saturated rings. The molecule has 0 radical (unpaired) electrons. The Kier molecular flexibility index (Phi) is 3.41. The summed E-state index contributed by atoms with van der Waals surface area (Å²) in [5, 5.41) is -0.378. The van der Waals surface area contributed by atoms with Gasteiger partial charge in [0.2, 0.25) is 0 Å². The van der Waals surface area contributed by atoms with Crippen LogP contribution in [0.3, 0.4) is 0 Å².